The quantitative estimate of drug-likeness (QED) is 0.558. The lowest BCUT2D eigenvalue weighted by Crippen LogP contribution is -2.57. The van der Waals surface area contributed by atoms with E-state index in [0.29, 0.717) is 29.5 Å². The number of carbonyl (C=O) groups is 1. The number of terminal acetylenes is 1. The second-order valence-corrected chi connectivity index (χ2v) is 12.4. The Hall–Kier alpha value is -1.59. The summed E-state index contributed by atoms with van der Waals surface area (Å²) in [5.41, 5.74) is 1.66. The van der Waals surface area contributed by atoms with E-state index in [1.807, 2.05) is 6.92 Å². The van der Waals surface area contributed by atoms with Crippen molar-refractivity contribution in [2.75, 3.05) is 0 Å². The zero-order chi connectivity index (χ0) is 22.9. The van der Waals surface area contributed by atoms with Crippen molar-refractivity contribution >= 4 is 5.78 Å². The van der Waals surface area contributed by atoms with E-state index in [2.05, 4.69) is 51.0 Å². The van der Waals surface area contributed by atoms with Gasteiger partial charge in [0.05, 0.1) is 5.92 Å². The van der Waals surface area contributed by atoms with E-state index in [1.165, 1.54) is 37.7 Å². The predicted molar refractivity (Wildman–Crippen MR) is 129 cm³/mol. The van der Waals surface area contributed by atoms with Gasteiger partial charge in [0.15, 0.2) is 0 Å². The topological polar surface area (TPSA) is 37.3 Å². The Morgan fingerprint density at radius 3 is 2.34 bits per heavy atom. The van der Waals surface area contributed by atoms with Gasteiger partial charge in [0.2, 0.25) is 0 Å². The minimum atomic E-state index is -0.921. The Bertz CT molecular complexity index is 941. The molecule has 0 aliphatic heterocycles. The first-order valence-corrected chi connectivity index (χ1v) is 12.9. The second kappa shape index (κ2) is 7.46. The third-order valence-electron chi connectivity index (χ3n) is 11.1. The van der Waals surface area contributed by atoms with E-state index in [0.717, 1.165) is 24.8 Å². The number of hydrogen-bond donors (Lipinski definition) is 1. The molecule has 4 saturated carbocycles. The van der Waals surface area contributed by atoms with Gasteiger partial charge in [-0.2, -0.15) is 0 Å². The molecule has 0 spiro atoms. The van der Waals surface area contributed by atoms with Gasteiger partial charge in [-0.25, -0.2) is 0 Å². The van der Waals surface area contributed by atoms with Gasteiger partial charge in [0, 0.05) is 5.92 Å². The van der Waals surface area contributed by atoms with E-state index in [9.17, 15) is 9.90 Å². The zero-order valence-electron chi connectivity index (χ0n) is 20.4. The molecule has 4 aliphatic carbocycles. The summed E-state index contributed by atoms with van der Waals surface area (Å²) >= 11 is 0. The summed E-state index contributed by atoms with van der Waals surface area (Å²) in [6.07, 6.45) is 14.9. The maximum absolute atomic E-state index is 12.4. The molecule has 1 N–H and O–H groups in total. The third-order valence-corrected chi connectivity index (χ3v) is 11.1. The molecule has 0 heterocycles. The Morgan fingerprint density at radius 1 is 1.00 bits per heavy atom. The molecule has 0 saturated heterocycles. The molecule has 32 heavy (non-hydrogen) atoms. The number of carbonyl (C=O) groups excluding carboxylic acids is 1. The fourth-order valence-corrected chi connectivity index (χ4v) is 9.34. The summed E-state index contributed by atoms with van der Waals surface area (Å²) in [6.45, 7) is 8.81. The molecule has 4 aliphatic rings. The van der Waals surface area contributed by atoms with Gasteiger partial charge in [-0.3, -0.25) is 4.79 Å². The van der Waals surface area contributed by atoms with Gasteiger partial charge in [0.1, 0.15) is 11.4 Å². The Morgan fingerprint density at radius 2 is 1.69 bits per heavy atom. The number of hydrogen-bond acceptors (Lipinski definition) is 2. The average Bonchev–Trinajstić information content (AvgIpc) is 3.11. The average molecular weight is 433 g/mol. The van der Waals surface area contributed by atoms with Crippen LogP contribution in [-0.4, -0.2) is 10.9 Å². The first kappa shape index (κ1) is 22.2. The lowest BCUT2D eigenvalue weighted by atomic mass is 9.42. The van der Waals surface area contributed by atoms with E-state index in [1.54, 1.807) is 0 Å². The maximum Gasteiger partial charge on any atom is 0.133 e. The molecule has 172 valence electrons. The molecule has 1 aromatic rings. The van der Waals surface area contributed by atoms with Crippen molar-refractivity contribution in [3.05, 3.63) is 35.4 Å². The molecule has 2 unspecified atom stereocenters. The van der Waals surface area contributed by atoms with Gasteiger partial charge >= 0.3 is 0 Å². The Balaban J connectivity index is 1.45. The van der Waals surface area contributed by atoms with Crippen LogP contribution in [-0.2, 0) is 10.4 Å². The van der Waals surface area contributed by atoms with Crippen molar-refractivity contribution in [1.82, 2.24) is 0 Å². The van der Waals surface area contributed by atoms with Crippen LogP contribution in [0.1, 0.15) is 83.3 Å². The minimum Gasteiger partial charge on any atom is -0.384 e. The van der Waals surface area contributed by atoms with Gasteiger partial charge in [0.25, 0.3) is 0 Å². The number of rotatable bonds is 2. The maximum atomic E-state index is 12.4. The summed E-state index contributed by atoms with van der Waals surface area (Å²) in [4.78, 5) is 12.4. The summed E-state index contributed by atoms with van der Waals surface area (Å²) in [5, 5.41) is 11.9. The lowest BCUT2D eigenvalue weighted by Gasteiger charge is -2.63. The number of benzene rings is 1. The summed E-state index contributed by atoms with van der Waals surface area (Å²) < 4.78 is 0. The highest BCUT2D eigenvalue weighted by molar-refractivity contribution is 5.79. The monoisotopic (exact) mass is 432 g/mol. The molecular formula is C30H40O2. The minimum absolute atomic E-state index is 0.146. The van der Waals surface area contributed by atoms with E-state index >= 15 is 0 Å². The van der Waals surface area contributed by atoms with Crippen molar-refractivity contribution in [2.24, 2.45) is 46.3 Å². The van der Waals surface area contributed by atoms with Crippen LogP contribution >= 0.6 is 0 Å². The summed E-state index contributed by atoms with van der Waals surface area (Å²) in [5.74, 6) is 6.13. The number of Topliss-reactive ketones (excluding diaryl/α,β-unsaturated/α-hetero) is 1. The molecule has 0 amide bonds. The third kappa shape index (κ3) is 3.00. The highest BCUT2D eigenvalue weighted by Gasteiger charge is 2.63. The molecule has 9 atom stereocenters. The Kier molecular flexibility index (Phi) is 5.18. The summed E-state index contributed by atoms with van der Waals surface area (Å²) in [6, 6.07) is 8.36. The van der Waals surface area contributed by atoms with Crippen LogP contribution in [0.2, 0.25) is 0 Å². The van der Waals surface area contributed by atoms with Crippen LogP contribution in [0.5, 0.6) is 0 Å². The van der Waals surface area contributed by atoms with Crippen molar-refractivity contribution < 1.29 is 9.90 Å². The molecule has 0 aromatic heterocycles. The molecular weight excluding hydrogens is 392 g/mol. The van der Waals surface area contributed by atoms with Gasteiger partial charge in [-0.05, 0) is 105 Å². The largest absolute Gasteiger partial charge is 0.384 e. The molecule has 2 heteroatoms. The highest BCUT2D eigenvalue weighted by atomic mass is 16.3. The first-order chi connectivity index (χ1) is 15.1. The van der Waals surface area contributed by atoms with Crippen LogP contribution in [0, 0.1) is 65.6 Å². The summed E-state index contributed by atoms with van der Waals surface area (Å²) in [7, 11) is 0. The van der Waals surface area contributed by atoms with Crippen LogP contribution < -0.4 is 0 Å². The van der Waals surface area contributed by atoms with E-state index in [4.69, 9.17) is 6.42 Å². The van der Waals surface area contributed by atoms with E-state index < -0.39 is 5.60 Å². The van der Waals surface area contributed by atoms with Crippen molar-refractivity contribution in [2.45, 2.75) is 84.7 Å². The number of fused-ring (bicyclic) bond motifs is 5. The predicted octanol–water partition coefficient (Wildman–Crippen LogP) is 6.29. The van der Waals surface area contributed by atoms with E-state index in [-0.39, 0.29) is 22.7 Å². The van der Waals surface area contributed by atoms with Crippen LogP contribution in [0.25, 0.3) is 0 Å². The lowest BCUT2D eigenvalue weighted by molar-refractivity contribution is -0.169. The number of aliphatic hydroxyl groups is 1. The van der Waals surface area contributed by atoms with Crippen molar-refractivity contribution in [3.8, 4) is 12.3 Å². The molecule has 2 nitrogen and oxygen atoms in total. The van der Waals surface area contributed by atoms with Crippen LogP contribution in [0.3, 0.4) is 0 Å². The fraction of sp³-hybridized carbons (Fsp3) is 0.700. The number of ketones is 1. The fourth-order valence-electron chi connectivity index (χ4n) is 9.34. The van der Waals surface area contributed by atoms with Crippen LogP contribution in [0.15, 0.2) is 24.3 Å². The second-order valence-electron chi connectivity index (χ2n) is 12.4. The molecule has 1 aromatic carbocycles. The number of aryl methyl sites for hydroxylation is 1. The first-order valence-electron chi connectivity index (χ1n) is 12.9. The van der Waals surface area contributed by atoms with Gasteiger partial charge in [-0.15, -0.1) is 6.42 Å². The zero-order valence-corrected chi connectivity index (χ0v) is 20.4. The molecule has 4 fully saturated rings. The SMILES string of the molecule is C#CC1C[C@@]2(C)C(CC[C@H]3[C@@H]4CC[C@H](C(C)=O)[C@@]4(C)CC[C@@H]32)C[C@@]1(O)c1ccc(C)cc1. The van der Waals surface area contributed by atoms with Crippen LogP contribution in [0.4, 0.5) is 0 Å². The van der Waals surface area contributed by atoms with Gasteiger partial charge < -0.3 is 5.11 Å². The molecule has 0 bridgehead atoms. The highest BCUT2D eigenvalue weighted by Crippen LogP contribution is 2.69. The van der Waals surface area contributed by atoms with Gasteiger partial charge in [-0.1, -0.05) is 49.6 Å². The van der Waals surface area contributed by atoms with Crippen molar-refractivity contribution in [3.63, 3.8) is 0 Å². The smallest absolute Gasteiger partial charge is 0.133 e. The molecule has 0 radical (unpaired) electrons. The Labute approximate surface area is 194 Å². The molecule has 5 rings (SSSR count). The normalized spacial score (nSPS) is 47.6. The van der Waals surface area contributed by atoms with Crippen molar-refractivity contribution in [1.29, 1.82) is 0 Å². The standard InChI is InChI=1S/C30H40O2/c1-6-21-17-29(5)23(18-30(21,32)22-9-7-19(2)8-10-22)11-12-24-26-14-13-25(20(3)31)28(26,4)16-15-27(24)29/h1,7-10,21,23-27,32H,11-18H2,2-5H3/t21?,23?,24-,25+,26-,27-,28+,29-,30-/m0/s1.